The van der Waals surface area contributed by atoms with Crippen LogP contribution in [0.3, 0.4) is 0 Å². The predicted octanol–water partition coefficient (Wildman–Crippen LogP) is 2.69. The molecule has 2 atom stereocenters. The maximum Gasteiger partial charge on any atom is 0.230 e. The van der Waals surface area contributed by atoms with Crippen LogP contribution in [-0.2, 0) is 4.79 Å². The predicted molar refractivity (Wildman–Crippen MR) is 74.2 cm³/mol. The molecule has 1 aliphatic heterocycles. The van der Waals surface area contributed by atoms with Gasteiger partial charge in [0.05, 0.1) is 5.41 Å². The first kappa shape index (κ1) is 13.9. The third-order valence-corrected chi connectivity index (χ3v) is 5.08. The average Bonchev–Trinajstić information content (AvgIpc) is 2.39. The molecule has 1 saturated carbocycles. The Hall–Kier alpha value is -0.570. The Balaban J connectivity index is 2.16. The van der Waals surface area contributed by atoms with Gasteiger partial charge in [-0.2, -0.15) is 0 Å². The van der Waals surface area contributed by atoms with E-state index < -0.39 is 0 Å². The van der Waals surface area contributed by atoms with Gasteiger partial charge in [-0.25, -0.2) is 0 Å². The lowest BCUT2D eigenvalue weighted by Crippen LogP contribution is -2.56. The lowest BCUT2D eigenvalue weighted by Gasteiger charge is -2.46. The van der Waals surface area contributed by atoms with Gasteiger partial charge in [0, 0.05) is 18.6 Å². The first-order valence-corrected chi connectivity index (χ1v) is 7.63. The van der Waals surface area contributed by atoms with Crippen molar-refractivity contribution in [3.63, 3.8) is 0 Å². The summed E-state index contributed by atoms with van der Waals surface area (Å²) >= 11 is 0. The van der Waals surface area contributed by atoms with Gasteiger partial charge in [0.1, 0.15) is 0 Å². The van der Waals surface area contributed by atoms with Crippen LogP contribution in [-0.4, -0.2) is 29.4 Å². The Labute approximate surface area is 111 Å². The van der Waals surface area contributed by atoms with Crippen molar-refractivity contribution in [3.8, 4) is 0 Å². The van der Waals surface area contributed by atoms with E-state index in [-0.39, 0.29) is 5.41 Å². The van der Waals surface area contributed by atoms with Crippen molar-refractivity contribution in [1.82, 2.24) is 4.90 Å². The molecule has 0 bridgehead atoms. The van der Waals surface area contributed by atoms with E-state index in [2.05, 4.69) is 18.7 Å². The molecule has 1 amide bonds. The highest BCUT2D eigenvalue weighted by Gasteiger charge is 2.43. The fourth-order valence-corrected chi connectivity index (χ4v) is 3.83. The Morgan fingerprint density at radius 1 is 1.11 bits per heavy atom. The molecule has 2 rings (SSSR count). The van der Waals surface area contributed by atoms with E-state index in [1.54, 1.807) is 0 Å². The highest BCUT2D eigenvalue weighted by atomic mass is 16.2. The molecule has 3 nitrogen and oxygen atoms in total. The van der Waals surface area contributed by atoms with Crippen LogP contribution in [0.2, 0.25) is 0 Å². The van der Waals surface area contributed by atoms with E-state index in [4.69, 9.17) is 5.73 Å². The molecule has 3 heteroatoms. The van der Waals surface area contributed by atoms with Crippen molar-refractivity contribution in [3.05, 3.63) is 0 Å². The van der Waals surface area contributed by atoms with Gasteiger partial charge in [0.25, 0.3) is 0 Å². The monoisotopic (exact) mass is 252 g/mol. The maximum atomic E-state index is 13.0. The van der Waals surface area contributed by atoms with Crippen LogP contribution in [0.1, 0.15) is 65.2 Å². The number of nitrogens with two attached hydrogens (primary N) is 1. The van der Waals surface area contributed by atoms with Crippen molar-refractivity contribution in [2.24, 2.45) is 11.1 Å². The number of carbonyl (C=O) groups excluding carboxylic acids is 1. The molecule has 0 radical (unpaired) electrons. The van der Waals surface area contributed by atoms with Gasteiger partial charge < -0.3 is 10.6 Å². The summed E-state index contributed by atoms with van der Waals surface area (Å²) in [7, 11) is 0. The van der Waals surface area contributed by atoms with Crippen LogP contribution in [0, 0.1) is 5.41 Å². The molecular weight excluding hydrogens is 224 g/mol. The Morgan fingerprint density at radius 3 is 2.17 bits per heavy atom. The summed E-state index contributed by atoms with van der Waals surface area (Å²) in [6, 6.07) is 0.790. The second-order valence-corrected chi connectivity index (χ2v) is 6.39. The Bertz CT molecular complexity index is 287. The number of hydrogen-bond donors (Lipinski definition) is 1. The number of carbonyl (C=O) groups is 1. The molecule has 0 spiro atoms. The summed E-state index contributed by atoms with van der Waals surface area (Å²) in [5.74, 6) is 0.351. The van der Waals surface area contributed by atoms with Crippen molar-refractivity contribution in [1.29, 1.82) is 0 Å². The van der Waals surface area contributed by atoms with E-state index >= 15 is 0 Å². The molecule has 18 heavy (non-hydrogen) atoms. The highest BCUT2D eigenvalue weighted by molar-refractivity contribution is 5.83. The van der Waals surface area contributed by atoms with Crippen LogP contribution in [0.25, 0.3) is 0 Å². The molecule has 104 valence electrons. The molecule has 0 aromatic heterocycles. The van der Waals surface area contributed by atoms with Crippen LogP contribution >= 0.6 is 0 Å². The smallest absolute Gasteiger partial charge is 0.230 e. The number of likely N-dealkylation sites (tertiary alicyclic amines) is 1. The van der Waals surface area contributed by atoms with Crippen LogP contribution in [0.4, 0.5) is 0 Å². The Kier molecular flexibility index (Phi) is 4.31. The molecule has 0 aromatic rings. The normalized spacial score (nSPS) is 32.3. The van der Waals surface area contributed by atoms with Crippen molar-refractivity contribution in [2.45, 2.75) is 77.3 Å². The van der Waals surface area contributed by atoms with E-state index in [9.17, 15) is 4.79 Å². The maximum absolute atomic E-state index is 13.0. The molecule has 2 aliphatic rings. The summed E-state index contributed by atoms with van der Waals surface area (Å²) in [4.78, 5) is 15.1. The molecule has 2 N–H and O–H groups in total. The lowest BCUT2D eigenvalue weighted by atomic mass is 9.72. The zero-order valence-electron chi connectivity index (χ0n) is 12.0. The molecular formula is C15H28N2O. The van der Waals surface area contributed by atoms with Crippen LogP contribution in [0.5, 0.6) is 0 Å². The third-order valence-electron chi connectivity index (χ3n) is 5.08. The highest BCUT2D eigenvalue weighted by Crippen LogP contribution is 2.39. The van der Waals surface area contributed by atoms with Gasteiger partial charge in [-0.05, 0) is 46.0 Å². The Morgan fingerprint density at radius 2 is 1.67 bits per heavy atom. The number of nitrogens with zero attached hydrogens (tertiary/aromatic N) is 1. The van der Waals surface area contributed by atoms with E-state index in [0.29, 0.717) is 24.5 Å². The van der Waals surface area contributed by atoms with E-state index in [1.807, 2.05) is 0 Å². The second-order valence-electron chi connectivity index (χ2n) is 6.39. The van der Waals surface area contributed by atoms with E-state index in [1.165, 1.54) is 25.7 Å². The minimum Gasteiger partial charge on any atom is -0.337 e. The van der Waals surface area contributed by atoms with Gasteiger partial charge >= 0.3 is 0 Å². The molecule has 2 fully saturated rings. The molecule has 1 heterocycles. The first-order valence-electron chi connectivity index (χ1n) is 7.63. The number of rotatable bonds is 2. The fraction of sp³-hybridized carbons (Fsp3) is 0.933. The van der Waals surface area contributed by atoms with Crippen LogP contribution < -0.4 is 5.73 Å². The minimum absolute atomic E-state index is 0.238. The number of amides is 1. The number of piperidine rings is 1. The quantitative estimate of drug-likeness (QED) is 0.821. The SMILES string of the molecule is CC1CCCC(C)N1C(=O)C1(CN)CCCCC1. The molecule has 2 unspecified atom stereocenters. The lowest BCUT2D eigenvalue weighted by molar-refractivity contribution is -0.150. The summed E-state index contributed by atoms with van der Waals surface area (Å²) in [6.45, 7) is 4.92. The largest absolute Gasteiger partial charge is 0.337 e. The zero-order chi connectivity index (χ0) is 13.2. The summed E-state index contributed by atoms with van der Waals surface area (Å²) < 4.78 is 0. The second kappa shape index (κ2) is 5.60. The average molecular weight is 252 g/mol. The fourth-order valence-electron chi connectivity index (χ4n) is 3.83. The summed E-state index contributed by atoms with van der Waals surface area (Å²) in [6.07, 6.45) is 9.14. The zero-order valence-corrected chi connectivity index (χ0v) is 12.0. The number of hydrogen-bond acceptors (Lipinski definition) is 2. The van der Waals surface area contributed by atoms with Crippen molar-refractivity contribution < 1.29 is 4.79 Å². The van der Waals surface area contributed by atoms with Gasteiger partial charge in [-0.3, -0.25) is 4.79 Å². The van der Waals surface area contributed by atoms with Crippen molar-refractivity contribution in [2.75, 3.05) is 6.54 Å². The standard InChI is InChI=1S/C15H28N2O/c1-12-7-6-8-13(2)17(12)14(18)15(11-16)9-4-3-5-10-15/h12-13H,3-11,16H2,1-2H3. The third kappa shape index (κ3) is 2.42. The van der Waals surface area contributed by atoms with Crippen molar-refractivity contribution >= 4 is 5.91 Å². The molecule has 1 aliphatic carbocycles. The van der Waals surface area contributed by atoms with Gasteiger partial charge in [0.2, 0.25) is 5.91 Å². The minimum atomic E-state index is -0.238. The van der Waals surface area contributed by atoms with Gasteiger partial charge in [-0.15, -0.1) is 0 Å². The molecule has 1 saturated heterocycles. The van der Waals surface area contributed by atoms with E-state index in [0.717, 1.165) is 25.7 Å². The first-order chi connectivity index (χ1) is 8.60. The molecule has 0 aromatic carbocycles. The topological polar surface area (TPSA) is 46.3 Å². The van der Waals surface area contributed by atoms with Gasteiger partial charge in [0.15, 0.2) is 0 Å². The summed E-state index contributed by atoms with van der Waals surface area (Å²) in [5.41, 5.74) is 5.75. The summed E-state index contributed by atoms with van der Waals surface area (Å²) in [5, 5.41) is 0. The van der Waals surface area contributed by atoms with Crippen LogP contribution in [0.15, 0.2) is 0 Å². The van der Waals surface area contributed by atoms with Gasteiger partial charge in [-0.1, -0.05) is 19.3 Å².